The van der Waals surface area contributed by atoms with Gasteiger partial charge in [0.05, 0.1) is 6.10 Å². The Morgan fingerprint density at radius 3 is 2.85 bits per heavy atom. The van der Waals surface area contributed by atoms with Crippen molar-refractivity contribution in [3.63, 3.8) is 0 Å². The number of hydrogen-bond donors (Lipinski definition) is 1. The number of rotatable bonds is 3. The quantitative estimate of drug-likeness (QED) is 0.773. The van der Waals surface area contributed by atoms with Gasteiger partial charge in [0.25, 0.3) is 0 Å². The lowest BCUT2D eigenvalue weighted by molar-refractivity contribution is 0.0428. The van der Waals surface area contributed by atoms with E-state index >= 15 is 0 Å². The zero-order chi connectivity index (χ0) is 9.84. The van der Waals surface area contributed by atoms with E-state index in [1.54, 1.807) is 0 Å². The van der Waals surface area contributed by atoms with Gasteiger partial charge in [0.15, 0.2) is 0 Å². The Hall–Kier alpha value is 0.400. The van der Waals surface area contributed by atoms with Crippen LogP contribution in [0.2, 0.25) is 0 Å². The maximum atomic E-state index is 9.45. The number of alkyl halides is 1. The van der Waals surface area contributed by atoms with Gasteiger partial charge >= 0.3 is 0 Å². The second kappa shape index (κ2) is 5.32. The second-order valence-electron chi connectivity index (χ2n) is 4.28. The van der Waals surface area contributed by atoms with Gasteiger partial charge in [0, 0.05) is 24.5 Å². The van der Waals surface area contributed by atoms with Crippen molar-refractivity contribution in [3.8, 4) is 0 Å². The lowest BCUT2D eigenvalue weighted by Crippen LogP contribution is -2.44. The van der Waals surface area contributed by atoms with Crippen LogP contribution < -0.4 is 0 Å². The molecule has 1 heterocycles. The van der Waals surface area contributed by atoms with Gasteiger partial charge in [-0.1, -0.05) is 22.9 Å². The van der Waals surface area contributed by atoms with Crippen molar-refractivity contribution in [2.24, 2.45) is 5.92 Å². The van der Waals surface area contributed by atoms with Gasteiger partial charge in [0.2, 0.25) is 0 Å². The predicted molar refractivity (Wildman–Crippen MR) is 59.2 cm³/mol. The molecule has 1 aliphatic rings. The summed E-state index contributed by atoms with van der Waals surface area (Å²) >= 11 is 3.50. The maximum absolute atomic E-state index is 9.45. The van der Waals surface area contributed by atoms with Crippen molar-refractivity contribution in [1.29, 1.82) is 0 Å². The van der Waals surface area contributed by atoms with Crippen LogP contribution in [0.4, 0.5) is 0 Å². The van der Waals surface area contributed by atoms with E-state index in [0.717, 1.165) is 31.3 Å². The molecule has 3 unspecified atom stereocenters. The summed E-state index contributed by atoms with van der Waals surface area (Å²) in [6.07, 6.45) is 1.82. The molecule has 13 heavy (non-hydrogen) atoms. The van der Waals surface area contributed by atoms with E-state index in [-0.39, 0.29) is 6.10 Å². The number of aliphatic hydroxyl groups is 1. The van der Waals surface area contributed by atoms with E-state index in [0.29, 0.717) is 12.0 Å². The molecule has 0 radical (unpaired) electrons. The van der Waals surface area contributed by atoms with Crippen molar-refractivity contribution >= 4 is 15.9 Å². The Kier molecular flexibility index (Phi) is 4.70. The van der Waals surface area contributed by atoms with Crippen molar-refractivity contribution in [3.05, 3.63) is 0 Å². The fraction of sp³-hybridized carbons (Fsp3) is 1.00. The summed E-state index contributed by atoms with van der Waals surface area (Å²) in [6, 6.07) is 0.547. The summed E-state index contributed by atoms with van der Waals surface area (Å²) in [7, 11) is 0. The smallest absolute Gasteiger partial charge is 0.0567 e. The molecule has 1 aliphatic heterocycles. The number of nitrogens with zero attached hydrogens (tertiary/aromatic N) is 1. The molecule has 0 aliphatic carbocycles. The van der Waals surface area contributed by atoms with E-state index in [4.69, 9.17) is 0 Å². The minimum Gasteiger partial charge on any atom is -0.393 e. The first kappa shape index (κ1) is 11.5. The monoisotopic (exact) mass is 249 g/mol. The molecule has 0 aromatic rings. The highest BCUT2D eigenvalue weighted by Gasteiger charge is 2.24. The van der Waals surface area contributed by atoms with Crippen LogP contribution in [0.15, 0.2) is 0 Å². The van der Waals surface area contributed by atoms with E-state index in [9.17, 15) is 5.11 Å². The molecule has 0 aromatic heterocycles. The summed E-state index contributed by atoms with van der Waals surface area (Å²) in [5, 5.41) is 10.5. The average molecular weight is 250 g/mol. The molecule has 0 spiro atoms. The van der Waals surface area contributed by atoms with E-state index in [1.807, 2.05) is 0 Å². The van der Waals surface area contributed by atoms with Crippen LogP contribution in [0.1, 0.15) is 26.7 Å². The van der Waals surface area contributed by atoms with Crippen LogP contribution in [0.25, 0.3) is 0 Å². The summed E-state index contributed by atoms with van der Waals surface area (Å²) in [4.78, 5) is 2.48. The third-order valence-corrected chi connectivity index (χ3v) is 3.90. The minimum atomic E-state index is -0.0643. The first-order valence-electron chi connectivity index (χ1n) is 5.11. The zero-order valence-electron chi connectivity index (χ0n) is 8.54. The van der Waals surface area contributed by atoms with Crippen molar-refractivity contribution in [1.82, 2.24) is 4.90 Å². The van der Waals surface area contributed by atoms with Gasteiger partial charge in [-0.3, -0.25) is 0 Å². The first-order chi connectivity index (χ1) is 6.13. The largest absolute Gasteiger partial charge is 0.393 e. The van der Waals surface area contributed by atoms with Crippen molar-refractivity contribution in [2.45, 2.75) is 38.8 Å². The van der Waals surface area contributed by atoms with E-state index in [1.165, 1.54) is 0 Å². The molecule has 1 saturated heterocycles. The van der Waals surface area contributed by atoms with Gasteiger partial charge in [-0.2, -0.15) is 0 Å². The zero-order valence-corrected chi connectivity index (χ0v) is 10.1. The molecule has 1 fully saturated rings. The van der Waals surface area contributed by atoms with E-state index in [2.05, 4.69) is 34.7 Å². The van der Waals surface area contributed by atoms with Gasteiger partial charge in [-0.15, -0.1) is 0 Å². The molecule has 0 aromatic carbocycles. The Morgan fingerprint density at radius 1 is 1.62 bits per heavy atom. The van der Waals surface area contributed by atoms with Crippen LogP contribution in [0.3, 0.4) is 0 Å². The van der Waals surface area contributed by atoms with Crippen LogP contribution in [-0.4, -0.2) is 40.6 Å². The third-order valence-electron chi connectivity index (χ3n) is 2.80. The highest BCUT2D eigenvalue weighted by molar-refractivity contribution is 9.09. The summed E-state index contributed by atoms with van der Waals surface area (Å²) in [5.74, 6) is 0.706. The van der Waals surface area contributed by atoms with Crippen LogP contribution >= 0.6 is 15.9 Å². The van der Waals surface area contributed by atoms with Crippen LogP contribution in [0.5, 0.6) is 0 Å². The van der Waals surface area contributed by atoms with Crippen LogP contribution in [-0.2, 0) is 0 Å². The first-order valence-corrected chi connectivity index (χ1v) is 6.23. The summed E-state index contributed by atoms with van der Waals surface area (Å²) in [6.45, 7) is 6.68. The maximum Gasteiger partial charge on any atom is 0.0567 e. The highest BCUT2D eigenvalue weighted by Crippen LogP contribution is 2.18. The molecule has 3 atom stereocenters. The third kappa shape index (κ3) is 3.56. The highest BCUT2D eigenvalue weighted by atomic mass is 79.9. The lowest BCUT2D eigenvalue weighted by Gasteiger charge is -2.37. The SMILES string of the molecule is CC(CBr)CN1CCC(O)CC1C. The van der Waals surface area contributed by atoms with Gasteiger partial charge in [-0.25, -0.2) is 0 Å². The molecule has 1 rings (SSSR count). The number of hydrogen-bond acceptors (Lipinski definition) is 2. The Bertz CT molecular complexity index is 154. The molecule has 3 heteroatoms. The number of halogens is 1. The van der Waals surface area contributed by atoms with Crippen molar-refractivity contribution in [2.75, 3.05) is 18.4 Å². The molecule has 2 nitrogen and oxygen atoms in total. The molecular formula is C10H20BrNO. The minimum absolute atomic E-state index is 0.0643. The lowest BCUT2D eigenvalue weighted by atomic mass is 9.99. The fourth-order valence-corrected chi connectivity index (χ4v) is 2.12. The Morgan fingerprint density at radius 2 is 2.31 bits per heavy atom. The number of piperidine rings is 1. The van der Waals surface area contributed by atoms with E-state index < -0.39 is 0 Å². The van der Waals surface area contributed by atoms with Gasteiger partial charge in [-0.05, 0) is 25.7 Å². The molecule has 0 bridgehead atoms. The van der Waals surface area contributed by atoms with Gasteiger partial charge < -0.3 is 10.0 Å². The molecular weight excluding hydrogens is 230 g/mol. The average Bonchev–Trinajstić information content (AvgIpc) is 2.09. The molecule has 78 valence electrons. The molecule has 0 saturated carbocycles. The molecule has 1 N–H and O–H groups in total. The standard InChI is InChI=1S/C10H20BrNO/c1-8(6-11)7-12-4-3-10(13)5-9(12)2/h8-10,13H,3-7H2,1-2H3. The fourth-order valence-electron chi connectivity index (χ4n) is 1.92. The predicted octanol–water partition coefficient (Wildman–Crippen LogP) is 1.86. The Balaban J connectivity index is 2.33. The van der Waals surface area contributed by atoms with Crippen molar-refractivity contribution < 1.29 is 5.11 Å². The summed E-state index contributed by atoms with van der Waals surface area (Å²) < 4.78 is 0. The summed E-state index contributed by atoms with van der Waals surface area (Å²) in [5.41, 5.74) is 0. The molecule has 0 amide bonds. The second-order valence-corrected chi connectivity index (χ2v) is 4.93. The number of aliphatic hydroxyl groups excluding tert-OH is 1. The number of likely N-dealkylation sites (tertiary alicyclic amines) is 1. The van der Waals surface area contributed by atoms with Crippen LogP contribution in [0, 0.1) is 5.92 Å². The normalized spacial score (nSPS) is 33.2. The van der Waals surface area contributed by atoms with Gasteiger partial charge in [0.1, 0.15) is 0 Å². The Labute approximate surface area is 89.4 Å². The topological polar surface area (TPSA) is 23.5 Å².